The summed E-state index contributed by atoms with van der Waals surface area (Å²) in [5.74, 6) is 0.937. The molecule has 0 saturated heterocycles. The van der Waals surface area contributed by atoms with Gasteiger partial charge in [0.05, 0.1) is 0 Å². The van der Waals surface area contributed by atoms with E-state index in [2.05, 4.69) is 19.9 Å². The average Bonchev–Trinajstić information content (AvgIpc) is 2.45. The molecule has 0 N–H and O–H groups in total. The molecular weight excluding hydrogens is 120 g/mol. The van der Waals surface area contributed by atoms with Crippen LogP contribution < -0.4 is 0 Å². The summed E-state index contributed by atoms with van der Waals surface area (Å²) < 4.78 is 0. The zero-order valence-electron chi connectivity index (χ0n) is 6.98. The highest BCUT2D eigenvalue weighted by atomic mass is 14.5. The van der Waals surface area contributed by atoms with Gasteiger partial charge in [-0.05, 0) is 43.9 Å². The highest BCUT2D eigenvalue weighted by Gasteiger charge is 2.44. The van der Waals surface area contributed by atoms with Gasteiger partial charge in [-0.3, -0.25) is 0 Å². The largest absolute Gasteiger partial charge is 0.0819 e. The number of allylic oxidation sites excluding steroid dienone is 2. The first kappa shape index (κ1) is 6.45. The third-order valence-electron chi connectivity index (χ3n) is 3.27. The minimum absolute atomic E-state index is 0.734. The van der Waals surface area contributed by atoms with E-state index >= 15 is 0 Å². The molecule has 0 radical (unpaired) electrons. The maximum absolute atomic E-state index is 2.51. The molecule has 1 atom stereocenters. The van der Waals surface area contributed by atoms with Crippen LogP contribution in [-0.4, -0.2) is 0 Å². The van der Waals surface area contributed by atoms with Crippen molar-refractivity contribution in [2.75, 3.05) is 0 Å². The van der Waals surface area contributed by atoms with E-state index in [9.17, 15) is 0 Å². The van der Waals surface area contributed by atoms with Crippen molar-refractivity contribution in [3.8, 4) is 0 Å². The zero-order valence-corrected chi connectivity index (χ0v) is 6.98. The summed E-state index contributed by atoms with van der Waals surface area (Å²) in [7, 11) is 0. The number of hydrogen-bond donors (Lipinski definition) is 0. The molecule has 0 aromatic rings. The molecule has 0 aromatic heterocycles. The molecule has 0 aliphatic heterocycles. The Kier molecular flexibility index (Phi) is 1.21. The first-order valence-corrected chi connectivity index (χ1v) is 4.38. The van der Waals surface area contributed by atoms with Gasteiger partial charge in [-0.25, -0.2) is 0 Å². The third kappa shape index (κ3) is 0.902. The Balaban J connectivity index is 2.07. The van der Waals surface area contributed by atoms with E-state index in [0.717, 1.165) is 11.3 Å². The second-order valence-corrected chi connectivity index (χ2v) is 4.31. The Morgan fingerprint density at radius 3 is 2.60 bits per heavy atom. The van der Waals surface area contributed by atoms with Crippen molar-refractivity contribution < 1.29 is 0 Å². The van der Waals surface area contributed by atoms with Crippen molar-refractivity contribution in [1.82, 2.24) is 0 Å². The van der Waals surface area contributed by atoms with E-state index in [1.165, 1.54) is 25.7 Å². The number of hydrogen-bond acceptors (Lipinski definition) is 0. The van der Waals surface area contributed by atoms with Crippen molar-refractivity contribution in [2.24, 2.45) is 11.3 Å². The van der Waals surface area contributed by atoms with Gasteiger partial charge in [0, 0.05) is 0 Å². The van der Waals surface area contributed by atoms with Crippen LogP contribution in [0.1, 0.15) is 39.5 Å². The molecule has 56 valence electrons. The summed E-state index contributed by atoms with van der Waals surface area (Å²) in [5.41, 5.74) is 2.36. The maximum atomic E-state index is 2.51. The van der Waals surface area contributed by atoms with Crippen molar-refractivity contribution >= 4 is 0 Å². The lowest BCUT2D eigenvalue weighted by Gasteiger charge is -2.14. The first-order valence-electron chi connectivity index (χ1n) is 4.38. The van der Waals surface area contributed by atoms with Crippen molar-refractivity contribution in [2.45, 2.75) is 39.5 Å². The second kappa shape index (κ2) is 1.87. The Bertz CT molecular complexity index is 172. The van der Waals surface area contributed by atoms with Gasteiger partial charge < -0.3 is 0 Å². The highest BCUT2D eigenvalue weighted by molar-refractivity contribution is 5.14. The van der Waals surface area contributed by atoms with Crippen LogP contribution in [0.2, 0.25) is 0 Å². The molecule has 1 fully saturated rings. The topological polar surface area (TPSA) is 0 Å². The molecule has 0 heteroatoms. The fourth-order valence-electron chi connectivity index (χ4n) is 2.01. The molecule has 0 spiro atoms. The maximum Gasteiger partial charge on any atom is -0.0174 e. The summed E-state index contributed by atoms with van der Waals surface area (Å²) >= 11 is 0. The van der Waals surface area contributed by atoms with E-state index in [1.807, 2.05) is 0 Å². The van der Waals surface area contributed by atoms with Crippen LogP contribution in [0, 0.1) is 11.3 Å². The lowest BCUT2D eigenvalue weighted by Crippen LogP contribution is -2.05. The summed E-state index contributed by atoms with van der Waals surface area (Å²) in [6.45, 7) is 4.71. The molecular formula is C10H16. The van der Waals surface area contributed by atoms with Gasteiger partial charge in [-0.2, -0.15) is 0 Å². The summed E-state index contributed by atoms with van der Waals surface area (Å²) in [4.78, 5) is 0. The van der Waals surface area contributed by atoms with Crippen molar-refractivity contribution in [1.29, 1.82) is 0 Å². The smallest absolute Gasteiger partial charge is 0.0174 e. The Morgan fingerprint density at radius 1 is 1.50 bits per heavy atom. The molecule has 1 saturated carbocycles. The zero-order chi connectivity index (χ0) is 7.19. The highest BCUT2D eigenvalue weighted by Crippen LogP contribution is 2.55. The molecule has 10 heavy (non-hydrogen) atoms. The molecule has 0 aromatic carbocycles. The van der Waals surface area contributed by atoms with Crippen molar-refractivity contribution in [3.05, 3.63) is 11.6 Å². The predicted octanol–water partition coefficient (Wildman–Crippen LogP) is 3.14. The van der Waals surface area contributed by atoms with Crippen LogP contribution in [0.25, 0.3) is 0 Å². The molecule has 2 aliphatic carbocycles. The van der Waals surface area contributed by atoms with Gasteiger partial charge in [-0.1, -0.05) is 18.6 Å². The lowest BCUT2D eigenvalue weighted by molar-refractivity contribution is 0.401. The summed E-state index contributed by atoms with van der Waals surface area (Å²) in [6, 6.07) is 0. The quantitative estimate of drug-likeness (QED) is 0.486. The standard InChI is InChI=1S/C10H16/c1-8-3-4-9(7-8)10(2)5-6-10/h7,9H,3-6H2,1-2H3. The van der Waals surface area contributed by atoms with Gasteiger partial charge in [0.1, 0.15) is 0 Å². The van der Waals surface area contributed by atoms with Crippen LogP contribution in [-0.2, 0) is 0 Å². The molecule has 1 unspecified atom stereocenters. The minimum Gasteiger partial charge on any atom is -0.0819 e. The normalized spacial score (nSPS) is 35.8. The van der Waals surface area contributed by atoms with E-state index < -0.39 is 0 Å². The fourth-order valence-corrected chi connectivity index (χ4v) is 2.01. The van der Waals surface area contributed by atoms with Crippen LogP contribution in [0.15, 0.2) is 11.6 Å². The van der Waals surface area contributed by atoms with Gasteiger partial charge in [-0.15, -0.1) is 0 Å². The van der Waals surface area contributed by atoms with Gasteiger partial charge in [0.25, 0.3) is 0 Å². The monoisotopic (exact) mass is 136 g/mol. The van der Waals surface area contributed by atoms with Gasteiger partial charge in [0.2, 0.25) is 0 Å². The molecule has 0 amide bonds. The fraction of sp³-hybridized carbons (Fsp3) is 0.800. The Hall–Kier alpha value is -0.260. The Labute approximate surface area is 63.3 Å². The molecule has 2 aliphatic rings. The van der Waals surface area contributed by atoms with Crippen LogP contribution in [0.4, 0.5) is 0 Å². The SMILES string of the molecule is CC1=CC(C2(C)CC2)CC1. The van der Waals surface area contributed by atoms with Crippen LogP contribution in [0.3, 0.4) is 0 Å². The third-order valence-corrected chi connectivity index (χ3v) is 3.27. The Morgan fingerprint density at radius 2 is 2.20 bits per heavy atom. The van der Waals surface area contributed by atoms with Crippen LogP contribution >= 0.6 is 0 Å². The lowest BCUT2D eigenvalue weighted by atomic mass is 9.91. The van der Waals surface area contributed by atoms with E-state index in [4.69, 9.17) is 0 Å². The van der Waals surface area contributed by atoms with E-state index in [0.29, 0.717) is 0 Å². The molecule has 0 nitrogen and oxygen atoms in total. The van der Waals surface area contributed by atoms with E-state index in [-0.39, 0.29) is 0 Å². The van der Waals surface area contributed by atoms with Crippen molar-refractivity contribution in [3.63, 3.8) is 0 Å². The van der Waals surface area contributed by atoms with Crippen LogP contribution in [0.5, 0.6) is 0 Å². The summed E-state index contributed by atoms with van der Waals surface area (Å²) in [5, 5.41) is 0. The van der Waals surface area contributed by atoms with Gasteiger partial charge >= 0.3 is 0 Å². The molecule has 2 rings (SSSR count). The second-order valence-electron chi connectivity index (χ2n) is 4.31. The number of rotatable bonds is 1. The first-order chi connectivity index (χ1) is 4.71. The minimum atomic E-state index is 0.734. The molecule has 0 bridgehead atoms. The summed E-state index contributed by atoms with van der Waals surface area (Å²) in [6.07, 6.45) is 8.25. The van der Waals surface area contributed by atoms with Gasteiger partial charge in [0.15, 0.2) is 0 Å². The average molecular weight is 136 g/mol. The molecule has 0 heterocycles. The van der Waals surface area contributed by atoms with E-state index in [1.54, 1.807) is 5.57 Å². The predicted molar refractivity (Wildman–Crippen MR) is 43.8 cm³/mol.